The monoisotopic (exact) mass is 181 g/mol. The topological polar surface area (TPSA) is 12.0 Å². The van der Waals surface area contributed by atoms with Crippen molar-refractivity contribution in [2.75, 3.05) is 7.05 Å². The van der Waals surface area contributed by atoms with Crippen LogP contribution in [0.3, 0.4) is 0 Å². The van der Waals surface area contributed by atoms with Crippen LogP contribution >= 0.6 is 0 Å². The average Bonchev–Trinajstić information content (AvgIpc) is 2.64. The van der Waals surface area contributed by atoms with Crippen molar-refractivity contribution < 1.29 is 0 Å². The van der Waals surface area contributed by atoms with Gasteiger partial charge in [-0.3, -0.25) is 0 Å². The third-order valence-corrected chi connectivity index (χ3v) is 3.22. The van der Waals surface area contributed by atoms with Crippen LogP contribution in [0.25, 0.3) is 0 Å². The molecule has 1 rings (SSSR count). The molecule has 0 aromatic heterocycles. The smallest absolute Gasteiger partial charge is 0.00696 e. The van der Waals surface area contributed by atoms with E-state index < -0.39 is 0 Å². The second-order valence-electron chi connectivity index (χ2n) is 4.24. The van der Waals surface area contributed by atoms with Gasteiger partial charge in [0.25, 0.3) is 0 Å². The lowest BCUT2D eigenvalue weighted by atomic mass is 9.96. The Labute approximate surface area is 82.6 Å². The standard InChI is InChI=1S/C12H23N/c1-3-4-9-12(13-2)10-11-7-5-6-8-11/h3,11-13H,1,4-10H2,2H3. The molecule has 0 radical (unpaired) electrons. The van der Waals surface area contributed by atoms with Crippen LogP contribution in [-0.4, -0.2) is 13.1 Å². The van der Waals surface area contributed by atoms with E-state index in [4.69, 9.17) is 0 Å². The van der Waals surface area contributed by atoms with Gasteiger partial charge in [0.05, 0.1) is 0 Å². The summed E-state index contributed by atoms with van der Waals surface area (Å²) in [5, 5.41) is 3.42. The highest BCUT2D eigenvalue weighted by Crippen LogP contribution is 2.29. The molecule has 0 aromatic carbocycles. The summed E-state index contributed by atoms with van der Waals surface area (Å²) in [7, 11) is 2.09. The van der Waals surface area contributed by atoms with Gasteiger partial charge in [0.2, 0.25) is 0 Å². The zero-order valence-electron chi connectivity index (χ0n) is 8.89. The minimum Gasteiger partial charge on any atom is -0.317 e. The van der Waals surface area contributed by atoms with Crippen LogP contribution in [0, 0.1) is 5.92 Å². The van der Waals surface area contributed by atoms with E-state index in [9.17, 15) is 0 Å². The molecule has 13 heavy (non-hydrogen) atoms. The average molecular weight is 181 g/mol. The summed E-state index contributed by atoms with van der Waals surface area (Å²) in [5.41, 5.74) is 0. The minimum atomic E-state index is 0.723. The highest BCUT2D eigenvalue weighted by atomic mass is 14.9. The molecule has 0 aromatic rings. The van der Waals surface area contributed by atoms with Crippen molar-refractivity contribution >= 4 is 0 Å². The van der Waals surface area contributed by atoms with E-state index in [0.717, 1.165) is 18.4 Å². The molecule has 1 atom stereocenters. The molecule has 0 saturated heterocycles. The van der Waals surface area contributed by atoms with Crippen LogP contribution in [0.4, 0.5) is 0 Å². The summed E-state index contributed by atoms with van der Waals surface area (Å²) < 4.78 is 0. The van der Waals surface area contributed by atoms with E-state index in [0.29, 0.717) is 0 Å². The number of rotatable bonds is 6. The minimum absolute atomic E-state index is 0.723. The second kappa shape index (κ2) is 6.20. The summed E-state index contributed by atoms with van der Waals surface area (Å²) in [6, 6.07) is 0.723. The Bertz CT molecular complexity index is 136. The van der Waals surface area contributed by atoms with Gasteiger partial charge in [0.1, 0.15) is 0 Å². The predicted molar refractivity (Wildman–Crippen MR) is 58.9 cm³/mol. The third-order valence-electron chi connectivity index (χ3n) is 3.22. The van der Waals surface area contributed by atoms with Crippen LogP contribution in [-0.2, 0) is 0 Å². The van der Waals surface area contributed by atoms with Crippen LogP contribution in [0.15, 0.2) is 12.7 Å². The fourth-order valence-corrected chi connectivity index (χ4v) is 2.35. The maximum atomic E-state index is 3.77. The Hall–Kier alpha value is -0.300. The van der Waals surface area contributed by atoms with Gasteiger partial charge in [-0.2, -0.15) is 0 Å². The molecule has 1 unspecified atom stereocenters. The fourth-order valence-electron chi connectivity index (χ4n) is 2.35. The molecule has 1 nitrogen and oxygen atoms in total. The largest absolute Gasteiger partial charge is 0.317 e. The molecule has 1 aliphatic carbocycles. The van der Waals surface area contributed by atoms with Crippen LogP contribution in [0.5, 0.6) is 0 Å². The SMILES string of the molecule is C=CCCC(CC1CCCC1)NC. The van der Waals surface area contributed by atoms with Gasteiger partial charge in [-0.25, -0.2) is 0 Å². The number of hydrogen-bond donors (Lipinski definition) is 1. The maximum Gasteiger partial charge on any atom is 0.00696 e. The molecule has 0 amide bonds. The molecular weight excluding hydrogens is 158 g/mol. The third kappa shape index (κ3) is 3.95. The maximum absolute atomic E-state index is 3.77. The van der Waals surface area contributed by atoms with E-state index in [1.54, 1.807) is 0 Å². The molecule has 1 N–H and O–H groups in total. The van der Waals surface area contributed by atoms with Crippen molar-refractivity contribution in [3.8, 4) is 0 Å². The van der Waals surface area contributed by atoms with E-state index in [-0.39, 0.29) is 0 Å². The predicted octanol–water partition coefficient (Wildman–Crippen LogP) is 3.12. The van der Waals surface area contributed by atoms with Crippen molar-refractivity contribution in [1.29, 1.82) is 0 Å². The van der Waals surface area contributed by atoms with E-state index in [1.165, 1.54) is 38.5 Å². The highest BCUT2D eigenvalue weighted by molar-refractivity contribution is 4.77. The van der Waals surface area contributed by atoms with Gasteiger partial charge < -0.3 is 5.32 Å². The quantitative estimate of drug-likeness (QED) is 0.621. The molecule has 1 heteroatoms. The van der Waals surface area contributed by atoms with Crippen LogP contribution in [0.2, 0.25) is 0 Å². The van der Waals surface area contributed by atoms with Crippen LogP contribution in [0.1, 0.15) is 44.9 Å². The molecule has 0 spiro atoms. The molecule has 76 valence electrons. The lowest BCUT2D eigenvalue weighted by Gasteiger charge is -2.19. The molecule has 0 bridgehead atoms. The van der Waals surface area contributed by atoms with Crippen molar-refractivity contribution in [3.05, 3.63) is 12.7 Å². The lowest BCUT2D eigenvalue weighted by Crippen LogP contribution is -2.27. The molecule has 0 aliphatic heterocycles. The van der Waals surface area contributed by atoms with E-state index >= 15 is 0 Å². The van der Waals surface area contributed by atoms with Gasteiger partial charge >= 0.3 is 0 Å². The first-order chi connectivity index (χ1) is 6.36. The molecule has 1 fully saturated rings. The Morgan fingerprint density at radius 2 is 2.15 bits per heavy atom. The van der Waals surface area contributed by atoms with Crippen molar-refractivity contribution in [2.45, 2.75) is 51.0 Å². The summed E-state index contributed by atoms with van der Waals surface area (Å²) in [6.07, 6.45) is 11.7. The summed E-state index contributed by atoms with van der Waals surface area (Å²) >= 11 is 0. The Morgan fingerprint density at radius 3 is 2.69 bits per heavy atom. The molecule has 0 heterocycles. The number of allylic oxidation sites excluding steroid dienone is 1. The van der Waals surface area contributed by atoms with Crippen molar-refractivity contribution in [1.82, 2.24) is 5.32 Å². The zero-order valence-corrected chi connectivity index (χ0v) is 8.89. The van der Waals surface area contributed by atoms with Gasteiger partial charge in [-0.15, -0.1) is 6.58 Å². The Balaban J connectivity index is 2.17. The van der Waals surface area contributed by atoms with Crippen molar-refractivity contribution in [3.63, 3.8) is 0 Å². The lowest BCUT2D eigenvalue weighted by molar-refractivity contribution is 0.390. The second-order valence-corrected chi connectivity index (χ2v) is 4.24. The molecule has 1 aliphatic rings. The highest BCUT2D eigenvalue weighted by Gasteiger charge is 2.18. The number of hydrogen-bond acceptors (Lipinski definition) is 1. The first-order valence-corrected chi connectivity index (χ1v) is 5.65. The summed E-state index contributed by atoms with van der Waals surface area (Å²) in [4.78, 5) is 0. The fraction of sp³-hybridized carbons (Fsp3) is 0.833. The Morgan fingerprint density at radius 1 is 1.46 bits per heavy atom. The number of nitrogens with one attached hydrogen (secondary N) is 1. The molecule has 1 saturated carbocycles. The summed E-state index contributed by atoms with van der Waals surface area (Å²) in [6.45, 7) is 3.77. The van der Waals surface area contributed by atoms with Crippen LogP contribution < -0.4 is 5.32 Å². The van der Waals surface area contributed by atoms with Gasteiger partial charge in [0, 0.05) is 6.04 Å². The Kier molecular flexibility index (Phi) is 5.14. The molecular formula is C12H23N. The zero-order chi connectivity index (χ0) is 9.52. The van der Waals surface area contributed by atoms with Crippen molar-refractivity contribution in [2.24, 2.45) is 5.92 Å². The van der Waals surface area contributed by atoms with Gasteiger partial charge in [0.15, 0.2) is 0 Å². The van der Waals surface area contributed by atoms with Gasteiger partial charge in [-0.05, 0) is 32.2 Å². The first kappa shape index (κ1) is 10.8. The normalized spacial score (nSPS) is 20.4. The van der Waals surface area contributed by atoms with Gasteiger partial charge in [-0.1, -0.05) is 31.8 Å². The first-order valence-electron chi connectivity index (χ1n) is 5.65. The summed E-state index contributed by atoms with van der Waals surface area (Å²) in [5.74, 6) is 1.00. The van der Waals surface area contributed by atoms with E-state index in [1.807, 2.05) is 6.08 Å². The van der Waals surface area contributed by atoms with E-state index in [2.05, 4.69) is 18.9 Å².